The van der Waals surface area contributed by atoms with Crippen LogP contribution < -0.4 is 9.64 Å². The summed E-state index contributed by atoms with van der Waals surface area (Å²) in [6.07, 6.45) is 6.37. The van der Waals surface area contributed by atoms with Gasteiger partial charge in [-0.2, -0.15) is 0 Å². The monoisotopic (exact) mass is 360 g/mol. The van der Waals surface area contributed by atoms with E-state index in [-0.39, 0.29) is 11.9 Å². The van der Waals surface area contributed by atoms with Crippen molar-refractivity contribution in [1.29, 1.82) is 0 Å². The lowest BCUT2D eigenvalue weighted by Crippen LogP contribution is -2.40. The van der Waals surface area contributed by atoms with Crippen molar-refractivity contribution in [3.8, 4) is 11.4 Å². The number of anilines is 1. The number of ether oxygens (including phenoxy) is 1. The van der Waals surface area contributed by atoms with Crippen molar-refractivity contribution in [2.45, 2.75) is 25.8 Å². The molecule has 0 saturated heterocycles. The first-order chi connectivity index (χ1) is 13.2. The Labute approximate surface area is 160 Å². The molecule has 1 unspecified atom stereocenters. The standard InChI is InChI=1S/C23H24N2O2/c1-17(18-5-6-18)25(21-11-13-22(27-2)14-12-21)23(26)19-7-9-20(10-8-19)24-15-3-4-16-24/h3-4,7-18H,5-6H2,1-2H3. The van der Waals surface area contributed by atoms with Crippen LogP contribution in [0.15, 0.2) is 73.1 Å². The molecule has 0 N–H and O–H groups in total. The minimum atomic E-state index is 0.0404. The number of methoxy groups -OCH3 is 1. The normalized spacial score (nSPS) is 14.6. The summed E-state index contributed by atoms with van der Waals surface area (Å²) in [6, 6.07) is 19.7. The largest absolute Gasteiger partial charge is 0.497 e. The summed E-state index contributed by atoms with van der Waals surface area (Å²) in [5.74, 6) is 1.41. The summed E-state index contributed by atoms with van der Waals surface area (Å²) in [5.41, 5.74) is 2.66. The smallest absolute Gasteiger partial charge is 0.258 e. The van der Waals surface area contributed by atoms with Gasteiger partial charge in [-0.15, -0.1) is 0 Å². The zero-order valence-electron chi connectivity index (χ0n) is 15.7. The molecule has 3 aromatic rings. The molecule has 27 heavy (non-hydrogen) atoms. The number of carbonyl (C=O) groups is 1. The average molecular weight is 360 g/mol. The van der Waals surface area contributed by atoms with Gasteiger partial charge in [0.25, 0.3) is 5.91 Å². The molecule has 1 atom stereocenters. The number of hydrogen-bond acceptors (Lipinski definition) is 2. The van der Waals surface area contributed by atoms with Gasteiger partial charge in [0.1, 0.15) is 5.75 Å². The van der Waals surface area contributed by atoms with Crippen molar-refractivity contribution in [2.75, 3.05) is 12.0 Å². The van der Waals surface area contributed by atoms with Crippen molar-refractivity contribution in [1.82, 2.24) is 4.57 Å². The Balaban J connectivity index is 1.63. The Hall–Kier alpha value is -3.01. The van der Waals surface area contributed by atoms with Gasteiger partial charge >= 0.3 is 0 Å². The van der Waals surface area contributed by atoms with Crippen LogP contribution in [0.1, 0.15) is 30.1 Å². The van der Waals surface area contributed by atoms with Crippen LogP contribution in [-0.4, -0.2) is 23.6 Å². The van der Waals surface area contributed by atoms with E-state index in [1.165, 1.54) is 12.8 Å². The molecule has 0 spiro atoms. The first-order valence-electron chi connectivity index (χ1n) is 9.38. The fraction of sp³-hybridized carbons (Fsp3) is 0.261. The Morgan fingerprint density at radius 1 is 1.04 bits per heavy atom. The van der Waals surface area contributed by atoms with Crippen LogP contribution in [0.2, 0.25) is 0 Å². The van der Waals surface area contributed by atoms with Gasteiger partial charge in [0.05, 0.1) is 7.11 Å². The highest BCUT2D eigenvalue weighted by atomic mass is 16.5. The lowest BCUT2D eigenvalue weighted by Gasteiger charge is -2.30. The quantitative estimate of drug-likeness (QED) is 0.624. The van der Waals surface area contributed by atoms with E-state index in [2.05, 4.69) is 6.92 Å². The molecule has 138 valence electrons. The third-order valence-corrected chi connectivity index (χ3v) is 5.30. The first-order valence-corrected chi connectivity index (χ1v) is 9.38. The summed E-state index contributed by atoms with van der Waals surface area (Å²) < 4.78 is 7.29. The predicted molar refractivity (Wildman–Crippen MR) is 108 cm³/mol. The minimum Gasteiger partial charge on any atom is -0.497 e. The molecule has 4 nitrogen and oxygen atoms in total. The molecule has 1 fully saturated rings. The van der Waals surface area contributed by atoms with Crippen LogP contribution in [0.5, 0.6) is 5.75 Å². The molecule has 0 radical (unpaired) electrons. The van der Waals surface area contributed by atoms with Gasteiger partial charge in [0, 0.05) is 35.4 Å². The maximum atomic E-state index is 13.4. The SMILES string of the molecule is COc1ccc(N(C(=O)c2ccc(-n3cccc3)cc2)C(C)C2CC2)cc1. The molecule has 4 rings (SSSR count). The predicted octanol–water partition coefficient (Wildman–Crippen LogP) is 4.93. The molecule has 4 heteroatoms. The molecular weight excluding hydrogens is 336 g/mol. The van der Waals surface area contributed by atoms with Gasteiger partial charge < -0.3 is 14.2 Å². The summed E-state index contributed by atoms with van der Waals surface area (Å²) in [7, 11) is 1.65. The van der Waals surface area contributed by atoms with E-state index in [1.807, 2.05) is 82.5 Å². The Morgan fingerprint density at radius 3 is 2.22 bits per heavy atom. The van der Waals surface area contributed by atoms with Crippen molar-refractivity contribution in [2.24, 2.45) is 5.92 Å². The molecule has 1 saturated carbocycles. The zero-order chi connectivity index (χ0) is 18.8. The second-order valence-electron chi connectivity index (χ2n) is 7.09. The highest BCUT2D eigenvalue weighted by Crippen LogP contribution is 2.38. The van der Waals surface area contributed by atoms with Crippen LogP contribution in [0.4, 0.5) is 5.69 Å². The third-order valence-electron chi connectivity index (χ3n) is 5.30. The molecule has 2 aromatic carbocycles. The maximum absolute atomic E-state index is 13.4. The molecular formula is C23H24N2O2. The van der Waals surface area contributed by atoms with Gasteiger partial charge in [0.15, 0.2) is 0 Å². The van der Waals surface area contributed by atoms with Crippen LogP contribution in [0.25, 0.3) is 5.69 Å². The molecule has 0 bridgehead atoms. The van der Waals surface area contributed by atoms with Gasteiger partial charge in [-0.25, -0.2) is 0 Å². The number of hydrogen-bond donors (Lipinski definition) is 0. The second kappa shape index (κ2) is 7.31. The second-order valence-corrected chi connectivity index (χ2v) is 7.09. The lowest BCUT2D eigenvalue weighted by molar-refractivity contribution is 0.0975. The molecule has 1 aliphatic carbocycles. The fourth-order valence-corrected chi connectivity index (χ4v) is 3.49. The number of aromatic nitrogens is 1. The topological polar surface area (TPSA) is 34.5 Å². The first kappa shape index (κ1) is 17.4. The van der Waals surface area contributed by atoms with Gasteiger partial charge in [-0.1, -0.05) is 0 Å². The zero-order valence-corrected chi connectivity index (χ0v) is 15.7. The summed E-state index contributed by atoms with van der Waals surface area (Å²) in [5, 5.41) is 0. The lowest BCUT2D eigenvalue weighted by atomic mass is 10.1. The van der Waals surface area contributed by atoms with Crippen LogP contribution in [-0.2, 0) is 0 Å². The number of nitrogens with zero attached hydrogens (tertiary/aromatic N) is 2. The number of amides is 1. The number of carbonyl (C=O) groups excluding carboxylic acids is 1. The van der Waals surface area contributed by atoms with E-state index < -0.39 is 0 Å². The van der Waals surface area contributed by atoms with Gasteiger partial charge in [-0.05, 0) is 86.3 Å². The van der Waals surface area contributed by atoms with Crippen LogP contribution in [0, 0.1) is 5.92 Å². The van der Waals surface area contributed by atoms with Gasteiger partial charge in [0.2, 0.25) is 0 Å². The van der Waals surface area contributed by atoms with Crippen molar-refractivity contribution >= 4 is 11.6 Å². The molecule has 1 aromatic heterocycles. The van der Waals surface area contributed by atoms with E-state index in [4.69, 9.17) is 4.74 Å². The van der Waals surface area contributed by atoms with E-state index in [9.17, 15) is 4.79 Å². The van der Waals surface area contributed by atoms with E-state index in [1.54, 1.807) is 7.11 Å². The molecule has 1 heterocycles. The van der Waals surface area contributed by atoms with Gasteiger partial charge in [-0.3, -0.25) is 4.79 Å². The summed E-state index contributed by atoms with van der Waals surface area (Å²) >= 11 is 0. The molecule has 1 aliphatic rings. The van der Waals surface area contributed by atoms with Crippen molar-refractivity contribution in [3.63, 3.8) is 0 Å². The summed E-state index contributed by atoms with van der Waals surface area (Å²) in [4.78, 5) is 15.3. The van der Waals surface area contributed by atoms with Crippen LogP contribution in [0.3, 0.4) is 0 Å². The Kier molecular flexibility index (Phi) is 4.71. The third kappa shape index (κ3) is 3.61. The van der Waals surface area contributed by atoms with E-state index >= 15 is 0 Å². The fourth-order valence-electron chi connectivity index (χ4n) is 3.49. The molecule has 1 amide bonds. The highest BCUT2D eigenvalue weighted by Gasteiger charge is 2.35. The van der Waals surface area contributed by atoms with Crippen LogP contribution >= 0.6 is 0 Å². The average Bonchev–Trinajstić information content (AvgIpc) is 3.43. The number of benzene rings is 2. The highest BCUT2D eigenvalue weighted by molar-refractivity contribution is 6.06. The summed E-state index contributed by atoms with van der Waals surface area (Å²) in [6.45, 7) is 2.15. The van der Waals surface area contributed by atoms with Crippen molar-refractivity contribution < 1.29 is 9.53 Å². The van der Waals surface area contributed by atoms with E-state index in [0.29, 0.717) is 11.5 Å². The number of rotatable bonds is 6. The minimum absolute atomic E-state index is 0.0404. The Bertz CT molecular complexity index is 895. The maximum Gasteiger partial charge on any atom is 0.258 e. The van der Waals surface area contributed by atoms with Crippen molar-refractivity contribution in [3.05, 3.63) is 78.6 Å². The van der Waals surface area contributed by atoms with E-state index in [0.717, 1.165) is 17.1 Å². The Morgan fingerprint density at radius 2 is 1.67 bits per heavy atom. The molecule has 0 aliphatic heterocycles.